The van der Waals surface area contributed by atoms with Gasteiger partial charge in [-0.3, -0.25) is 0 Å². The Balaban J connectivity index is 1.99. The topological polar surface area (TPSA) is 81.4 Å². The van der Waals surface area contributed by atoms with Crippen LogP contribution in [-0.4, -0.2) is 70.5 Å². The normalized spacial score (nSPS) is 46.6. The fourth-order valence-electron chi connectivity index (χ4n) is 3.13. The number of ether oxygens (including phenoxy) is 6. The maximum atomic E-state index is 6.13. The lowest BCUT2D eigenvalue weighted by Crippen LogP contribution is -2.56. The quantitative estimate of drug-likeness (QED) is 0.796. The van der Waals surface area contributed by atoms with Crippen molar-refractivity contribution < 1.29 is 28.4 Å². The van der Waals surface area contributed by atoms with Gasteiger partial charge in [0.2, 0.25) is 0 Å². The van der Waals surface area contributed by atoms with Crippen molar-refractivity contribution in [3.05, 3.63) is 0 Å². The van der Waals surface area contributed by atoms with Gasteiger partial charge in [-0.05, 0) is 13.8 Å². The van der Waals surface area contributed by atoms with Crippen LogP contribution in [0.3, 0.4) is 0 Å². The summed E-state index contributed by atoms with van der Waals surface area (Å²) in [5, 5.41) is 0. The van der Waals surface area contributed by atoms with Crippen LogP contribution >= 0.6 is 0 Å². The molecule has 0 aromatic carbocycles. The molecular weight excluding hydrogens is 290 g/mol. The molecular formula is C15H29NO6. The zero-order valence-corrected chi connectivity index (χ0v) is 14.1. The molecule has 8 unspecified atom stereocenters. The summed E-state index contributed by atoms with van der Waals surface area (Å²) in [5.74, 6) is 0. The lowest BCUT2D eigenvalue weighted by Gasteiger charge is -2.43. The minimum absolute atomic E-state index is 0.0821. The van der Waals surface area contributed by atoms with Crippen LogP contribution in [0.4, 0.5) is 0 Å². The molecule has 0 saturated carbocycles. The van der Waals surface area contributed by atoms with E-state index < -0.39 is 0 Å². The van der Waals surface area contributed by atoms with Gasteiger partial charge in [-0.15, -0.1) is 0 Å². The van der Waals surface area contributed by atoms with Crippen LogP contribution in [0, 0.1) is 0 Å². The Bertz CT molecular complexity index is 344. The zero-order valence-electron chi connectivity index (χ0n) is 14.1. The predicted octanol–water partition coefficient (Wildman–Crippen LogP) is 0.645. The van der Waals surface area contributed by atoms with Crippen LogP contribution in [0.2, 0.25) is 0 Å². The minimum atomic E-state index is -0.382. The number of methoxy groups -OCH3 is 3. The number of rotatable bonds is 5. The third kappa shape index (κ3) is 3.97. The first-order valence-electron chi connectivity index (χ1n) is 7.80. The molecule has 2 N–H and O–H groups in total. The highest BCUT2D eigenvalue weighted by molar-refractivity contribution is 4.88. The van der Waals surface area contributed by atoms with Crippen molar-refractivity contribution in [3.8, 4) is 0 Å². The van der Waals surface area contributed by atoms with Crippen molar-refractivity contribution in [3.63, 3.8) is 0 Å². The molecule has 0 bridgehead atoms. The summed E-state index contributed by atoms with van der Waals surface area (Å²) >= 11 is 0. The second-order valence-corrected chi connectivity index (χ2v) is 5.97. The van der Waals surface area contributed by atoms with E-state index >= 15 is 0 Å². The van der Waals surface area contributed by atoms with Crippen molar-refractivity contribution in [2.75, 3.05) is 21.3 Å². The highest BCUT2D eigenvalue weighted by Gasteiger charge is 2.42. The summed E-state index contributed by atoms with van der Waals surface area (Å²) in [7, 11) is 4.96. The largest absolute Gasteiger partial charge is 0.380 e. The second kappa shape index (κ2) is 8.01. The molecule has 0 amide bonds. The monoisotopic (exact) mass is 319 g/mol. The Morgan fingerprint density at radius 1 is 0.818 bits per heavy atom. The summed E-state index contributed by atoms with van der Waals surface area (Å²) in [4.78, 5) is 0. The molecule has 8 atom stereocenters. The predicted molar refractivity (Wildman–Crippen MR) is 79.4 cm³/mol. The van der Waals surface area contributed by atoms with Crippen LogP contribution < -0.4 is 5.73 Å². The number of nitrogens with two attached hydrogens (primary N) is 1. The third-order valence-electron chi connectivity index (χ3n) is 4.56. The van der Waals surface area contributed by atoms with Crippen molar-refractivity contribution in [1.82, 2.24) is 0 Å². The molecule has 2 fully saturated rings. The Morgan fingerprint density at radius 2 is 1.41 bits per heavy atom. The smallest absolute Gasteiger partial charge is 0.161 e. The molecule has 2 heterocycles. The van der Waals surface area contributed by atoms with Gasteiger partial charge >= 0.3 is 0 Å². The van der Waals surface area contributed by atoms with Crippen molar-refractivity contribution >= 4 is 0 Å². The van der Waals surface area contributed by atoms with E-state index in [2.05, 4.69) is 0 Å². The van der Waals surface area contributed by atoms with E-state index in [1.54, 1.807) is 21.3 Å². The number of hydrogen-bond donors (Lipinski definition) is 1. The molecule has 130 valence electrons. The lowest BCUT2D eigenvalue weighted by atomic mass is 9.99. The first-order chi connectivity index (χ1) is 10.5. The van der Waals surface area contributed by atoms with E-state index in [1.807, 2.05) is 13.8 Å². The molecule has 7 heteroatoms. The van der Waals surface area contributed by atoms with Crippen molar-refractivity contribution in [2.24, 2.45) is 5.73 Å². The molecule has 2 aliphatic heterocycles. The highest BCUT2D eigenvalue weighted by atomic mass is 16.7. The molecule has 2 aliphatic rings. The summed E-state index contributed by atoms with van der Waals surface area (Å²) in [6.07, 6.45) is -0.132. The van der Waals surface area contributed by atoms with Gasteiger partial charge in [0, 0.05) is 34.2 Å². The summed E-state index contributed by atoms with van der Waals surface area (Å²) in [6.45, 7) is 3.88. The Kier molecular flexibility index (Phi) is 6.58. The minimum Gasteiger partial charge on any atom is -0.380 e. The van der Waals surface area contributed by atoms with Crippen LogP contribution in [0.5, 0.6) is 0 Å². The highest BCUT2D eigenvalue weighted by Crippen LogP contribution is 2.29. The first-order valence-corrected chi connectivity index (χ1v) is 7.80. The molecule has 22 heavy (non-hydrogen) atoms. The van der Waals surface area contributed by atoms with E-state index in [-0.39, 0.29) is 49.1 Å². The van der Waals surface area contributed by atoms with Crippen molar-refractivity contribution in [2.45, 2.75) is 75.8 Å². The second-order valence-electron chi connectivity index (χ2n) is 5.97. The van der Waals surface area contributed by atoms with E-state index in [0.717, 1.165) is 0 Å². The third-order valence-corrected chi connectivity index (χ3v) is 4.56. The van der Waals surface area contributed by atoms with E-state index in [1.165, 1.54) is 0 Å². The van der Waals surface area contributed by atoms with Crippen molar-refractivity contribution in [1.29, 1.82) is 0 Å². The van der Waals surface area contributed by atoms with E-state index in [0.29, 0.717) is 12.8 Å². The standard InChI is InChI=1S/C15H29NO6/c1-8-14(16)10(17-3)6-13(20-8)22-15-9(2)21-12(19-5)7-11(15)18-4/h8-15H,6-7,16H2,1-5H3. The van der Waals surface area contributed by atoms with Gasteiger partial charge in [0.15, 0.2) is 12.6 Å². The van der Waals surface area contributed by atoms with Gasteiger partial charge in [0.25, 0.3) is 0 Å². The van der Waals surface area contributed by atoms with Gasteiger partial charge in [0.05, 0.1) is 30.5 Å². The van der Waals surface area contributed by atoms with E-state index in [9.17, 15) is 0 Å². The van der Waals surface area contributed by atoms with Gasteiger partial charge in [-0.25, -0.2) is 0 Å². The number of hydrogen-bond acceptors (Lipinski definition) is 7. The maximum absolute atomic E-state index is 6.13. The average Bonchev–Trinajstić information content (AvgIpc) is 2.52. The van der Waals surface area contributed by atoms with Crippen LogP contribution in [0.1, 0.15) is 26.7 Å². The Labute approximate surface area is 132 Å². The summed E-state index contributed by atoms with van der Waals surface area (Å²) < 4.78 is 34.0. The van der Waals surface area contributed by atoms with Crippen LogP contribution in [0.25, 0.3) is 0 Å². The fraction of sp³-hybridized carbons (Fsp3) is 1.00. The fourth-order valence-corrected chi connectivity index (χ4v) is 3.13. The molecule has 7 nitrogen and oxygen atoms in total. The average molecular weight is 319 g/mol. The van der Waals surface area contributed by atoms with Crippen LogP contribution in [0.15, 0.2) is 0 Å². The molecule has 0 aromatic heterocycles. The molecule has 0 aliphatic carbocycles. The molecule has 2 saturated heterocycles. The summed E-state index contributed by atoms with van der Waals surface area (Å²) in [6, 6.07) is -0.152. The molecule has 0 spiro atoms. The van der Waals surface area contributed by atoms with Gasteiger partial charge < -0.3 is 34.2 Å². The summed E-state index contributed by atoms with van der Waals surface area (Å²) in [5.41, 5.74) is 6.07. The Morgan fingerprint density at radius 3 is 2.00 bits per heavy atom. The van der Waals surface area contributed by atoms with Gasteiger partial charge in [-0.1, -0.05) is 0 Å². The first kappa shape index (κ1) is 18.1. The van der Waals surface area contributed by atoms with Gasteiger partial charge in [-0.2, -0.15) is 0 Å². The van der Waals surface area contributed by atoms with E-state index in [4.69, 9.17) is 34.2 Å². The zero-order chi connectivity index (χ0) is 16.3. The Hall–Kier alpha value is -0.280. The molecule has 0 radical (unpaired) electrons. The lowest BCUT2D eigenvalue weighted by molar-refractivity contribution is -0.303. The molecule has 2 rings (SSSR count). The van der Waals surface area contributed by atoms with Gasteiger partial charge in [0.1, 0.15) is 6.10 Å². The maximum Gasteiger partial charge on any atom is 0.161 e. The molecule has 0 aromatic rings. The van der Waals surface area contributed by atoms with Crippen LogP contribution in [-0.2, 0) is 28.4 Å². The SMILES string of the molecule is COC1CC(OC)C(OC2CC(OC)C(N)C(C)O2)C(C)O1.